The standard InChI is InChI=1S/C17H23F2NO4/c1-11(13-5-7-14(8-6-13)24-17(18)19)20-16(21)12(2)23-10-15-4-3-9-22-15/h5-8,11-12,15,17H,3-4,9-10H2,1-2H3,(H,20,21)/t11-,12-,15-/m0/s1. The van der Waals surface area contributed by atoms with Crippen LogP contribution in [-0.2, 0) is 14.3 Å². The SMILES string of the molecule is C[C@H](OC[C@@H]1CCCO1)C(=O)N[C@@H](C)c1ccc(OC(F)F)cc1. The minimum absolute atomic E-state index is 0.0695. The molecule has 0 aromatic heterocycles. The van der Waals surface area contributed by atoms with Crippen molar-refractivity contribution in [3.8, 4) is 5.75 Å². The normalized spacial score (nSPS) is 20.0. The monoisotopic (exact) mass is 343 g/mol. The van der Waals surface area contributed by atoms with Gasteiger partial charge in [0.1, 0.15) is 11.9 Å². The molecule has 1 aromatic rings. The summed E-state index contributed by atoms with van der Waals surface area (Å²) in [6.45, 7) is 1.80. The van der Waals surface area contributed by atoms with Gasteiger partial charge in [-0.15, -0.1) is 0 Å². The van der Waals surface area contributed by atoms with Gasteiger partial charge in [-0.05, 0) is 44.4 Å². The van der Waals surface area contributed by atoms with Crippen LogP contribution in [0.2, 0.25) is 0 Å². The number of halogens is 2. The molecule has 1 aliphatic heterocycles. The number of rotatable bonds is 8. The van der Waals surface area contributed by atoms with Crippen LogP contribution < -0.4 is 10.1 Å². The summed E-state index contributed by atoms with van der Waals surface area (Å²) in [5, 5.41) is 2.84. The molecule has 5 nitrogen and oxygen atoms in total. The maximum atomic E-state index is 12.1. The molecule has 1 N–H and O–H groups in total. The Morgan fingerprint density at radius 1 is 1.33 bits per heavy atom. The van der Waals surface area contributed by atoms with Crippen LogP contribution in [0.3, 0.4) is 0 Å². The van der Waals surface area contributed by atoms with E-state index in [1.54, 1.807) is 19.1 Å². The fourth-order valence-corrected chi connectivity index (χ4v) is 2.46. The maximum Gasteiger partial charge on any atom is 0.387 e. The molecule has 1 fully saturated rings. The molecule has 0 bridgehead atoms. The zero-order valence-electron chi connectivity index (χ0n) is 13.8. The zero-order chi connectivity index (χ0) is 17.5. The van der Waals surface area contributed by atoms with Crippen LogP contribution in [0.25, 0.3) is 0 Å². The van der Waals surface area contributed by atoms with Crippen molar-refractivity contribution in [2.24, 2.45) is 0 Å². The molecule has 0 aliphatic carbocycles. The lowest BCUT2D eigenvalue weighted by Gasteiger charge is -2.20. The fraction of sp³-hybridized carbons (Fsp3) is 0.588. The Bertz CT molecular complexity index is 518. The average molecular weight is 343 g/mol. The number of ether oxygens (including phenoxy) is 3. The third-order valence-electron chi connectivity index (χ3n) is 3.89. The Kier molecular flexibility index (Phi) is 6.93. The lowest BCUT2D eigenvalue weighted by atomic mass is 10.1. The summed E-state index contributed by atoms with van der Waals surface area (Å²) < 4.78 is 39.5. The van der Waals surface area contributed by atoms with E-state index in [1.165, 1.54) is 12.1 Å². The van der Waals surface area contributed by atoms with Crippen molar-refractivity contribution in [1.29, 1.82) is 0 Å². The Morgan fingerprint density at radius 2 is 2.04 bits per heavy atom. The van der Waals surface area contributed by atoms with Crippen molar-refractivity contribution < 1.29 is 27.8 Å². The van der Waals surface area contributed by atoms with Gasteiger partial charge in [0.05, 0.1) is 18.8 Å². The number of nitrogens with one attached hydrogen (secondary N) is 1. The van der Waals surface area contributed by atoms with Crippen molar-refractivity contribution in [1.82, 2.24) is 5.32 Å². The second kappa shape index (κ2) is 8.94. The summed E-state index contributed by atoms with van der Waals surface area (Å²) in [4.78, 5) is 12.1. The first kappa shape index (κ1) is 18.6. The highest BCUT2D eigenvalue weighted by Gasteiger charge is 2.21. The molecule has 1 heterocycles. The van der Waals surface area contributed by atoms with E-state index in [2.05, 4.69) is 10.1 Å². The number of carbonyl (C=O) groups excluding carboxylic acids is 1. The fourth-order valence-electron chi connectivity index (χ4n) is 2.46. The topological polar surface area (TPSA) is 56.8 Å². The first-order valence-corrected chi connectivity index (χ1v) is 8.04. The largest absolute Gasteiger partial charge is 0.435 e. The summed E-state index contributed by atoms with van der Waals surface area (Å²) in [5.74, 6) is -0.144. The van der Waals surface area contributed by atoms with E-state index in [0.717, 1.165) is 25.0 Å². The molecule has 134 valence electrons. The van der Waals surface area contributed by atoms with Gasteiger partial charge < -0.3 is 19.5 Å². The molecule has 2 rings (SSSR count). The lowest BCUT2D eigenvalue weighted by molar-refractivity contribution is -0.134. The average Bonchev–Trinajstić information content (AvgIpc) is 3.06. The third-order valence-corrected chi connectivity index (χ3v) is 3.89. The molecule has 3 atom stereocenters. The number of alkyl halides is 2. The smallest absolute Gasteiger partial charge is 0.387 e. The van der Waals surface area contributed by atoms with Crippen molar-refractivity contribution in [3.05, 3.63) is 29.8 Å². The van der Waals surface area contributed by atoms with Crippen molar-refractivity contribution >= 4 is 5.91 Å². The van der Waals surface area contributed by atoms with E-state index in [9.17, 15) is 13.6 Å². The van der Waals surface area contributed by atoms with E-state index < -0.39 is 12.7 Å². The molecule has 1 aromatic carbocycles. The molecule has 0 saturated carbocycles. The van der Waals surface area contributed by atoms with Gasteiger partial charge >= 0.3 is 6.61 Å². The van der Waals surface area contributed by atoms with Crippen LogP contribution in [0, 0.1) is 0 Å². The molecule has 0 unspecified atom stereocenters. The Morgan fingerprint density at radius 3 is 2.62 bits per heavy atom. The van der Waals surface area contributed by atoms with Gasteiger partial charge in [0.15, 0.2) is 0 Å². The van der Waals surface area contributed by atoms with Gasteiger partial charge in [0.25, 0.3) is 0 Å². The molecule has 1 saturated heterocycles. The van der Waals surface area contributed by atoms with Gasteiger partial charge in [-0.3, -0.25) is 4.79 Å². The number of hydrogen-bond acceptors (Lipinski definition) is 4. The Labute approximate surface area is 140 Å². The molecule has 1 amide bonds. The molecule has 0 spiro atoms. The maximum absolute atomic E-state index is 12.1. The summed E-state index contributed by atoms with van der Waals surface area (Å²) >= 11 is 0. The highest BCUT2D eigenvalue weighted by molar-refractivity contribution is 5.80. The summed E-state index contributed by atoms with van der Waals surface area (Å²) in [6.07, 6.45) is 1.47. The molecular formula is C17H23F2NO4. The van der Waals surface area contributed by atoms with E-state index in [-0.39, 0.29) is 23.8 Å². The zero-order valence-corrected chi connectivity index (χ0v) is 13.8. The van der Waals surface area contributed by atoms with E-state index >= 15 is 0 Å². The van der Waals surface area contributed by atoms with Crippen molar-refractivity contribution in [2.75, 3.05) is 13.2 Å². The number of carbonyl (C=O) groups is 1. The van der Waals surface area contributed by atoms with E-state index in [4.69, 9.17) is 9.47 Å². The van der Waals surface area contributed by atoms with E-state index in [1.807, 2.05) is 6.92 Å². The molecule has 0 radical (unpaired) electrons. The second-order valence-corrected chi connectivity index (χ2v) is 5.79. The minimum atomic E-state index is -2.85. The summed E-state index contributed by atoms with van der Waals surface area (Å²) in [5.41, 5.74) is 0.788. The highest BCUT2D eigenvalue weighted by Crippen LogP contribution is 2.19. The summed E-state index contributed by atoms with van der Waals surface area (Å²) in [6, 6.07) is 5.90. The van der Waals surface area contributed by atoms with Crippen LogP contribution in [0.1, 0.15) is 38.3 Å². The van der Waals surface area contributed by atoms with Crippen LogP contribution in [-0.4, -0.2) is 37.9 Å². The van der Waals surface area contributed by atoms with Gasteiger partial charge in [0.2, 0.25) is 5.91 Å². The Hall–Kier alpha value is -1.73. The first-order valence-electron chi connectivity index (χ1n) is 8.04. The van der Waals surface area contributed by atoms with Crippen LogP contribution >= 0.6 is 0 Å². The van der Waals surface area contributed by atoms with Crippen LogP contribution in [0.15, 0.2) is 24.3 Å². The number of benzene rings is 1. The van der Waals surface area contributed by atoms with Gasteiger partial charge in [0, 0.05) is 6.61 Å². The molecule has 24 heavy (non-hydrogen) atoms. The highest BCUT2D eigenvalue weighted by atomic mass is 19.3. The quantitative estimate of drug-likeness (QED) is 0.788. The van der Waals surface area contributed by atoms with Gasteiger partial charge in [-0.1, -0.05) is 12.1 Å². The van der Waals surface area contributed by atoms with Crippen molar-refractivity contribution in [2.45, 2.75) is 51.6 Å². The summed E-state index contributed by atoms with van der Waals surface area (Å²) in [7, 11) is 0. The first-order chi connectivity index (χ1) is 11.5. The van der Waals surface area contributed by atoms with Crippen LogP contribution in [0.4, 0.5) is 8.78 Å². The van der Waals surface area contributed by atoms with Crippen molar-refractivity contribution in [3.63, 3.8) is 0 Å². The number of amides is 1. The minimum Gasteiger partial charge on any atom is -0.435 e. The lowest BCUT2D eigenvalue weighted by Crippen LogP contribution is -2.37. The molecule has 1 aliphatic rings. The third kappa shape index (κ3) is 5.72. The van der Waals surface area contributed by atoms with E-state index in [0.29, 0.717) is 6.61 Å². The second-order valence-electron chi connectivity index (χ2n) is 5.79. The predicted molar refractivity (Wildman–Crippen MR) is 84.0 cm³/mol. The van der Waals surface area contributed by atoms with Gasteiger partial charge in [-0.2, -0.15) is 8.78 Å². The Balaban J connectivity index is 1.79. The number of hydrogen-bond donors (Lipinski definition) is 1. The molecule has 7 heteroatoms. The predicted octanol–water partition coefficient (Wildman–Crippen LogP) is 3.05. The molecular weight excluding hydrogens is 320 g/mol. The van der Waals surface area contributed by atoms with Gasteiger partial charge in [-0.25, -0.2) is 0 Å². The van der Waals surface area contributed by atoms with Crippen LogP contribution in [0.5, 0.6) is 5.75 Å².